The summed E-state index contributed by atoms with van der Waals surface area (Å²) in [4.78, 5) is 34.3. The van der Waals surface area contributed by atoms with E-state index in [1.54, 1.807) is 11.9 Å². The minimum atomic E-state index is -0.450. The van der Waals surface area contributed by atoms with Gasteiger partial charge in [-0.25, -0.2) is 4.79 Å². The molecule has 0 bridgehead atoms. The molecule has 1 unspecified atom stereocenters. The SMILES string of the molecule is CCC(=O)N1CCC(NC(=NC)NCCCN2CCN(C(=O)OC(C)(C)C)CC2)C1. The standard InChI is InChI=1S/C21H40N6O3/c1-6-18(28)27-11-8-17(16-27)24-19(22-5)23-9-7-10-25-12-14-26(15-13-25)20(29)30-21(2,3)4/h17H,6-16H2,1-5H3,(H2,22,23,24). The van der Waals surface area contributed by atoms with Gasteiger partial charge >= 0.3 is 6.09 Å². The number of ether oxygens (including phenoxy) is 1. The smallest absolute Gasteiger partial charge is 0.410 e. The van der Waals surface area contributed by atoms with Gasteiger partial charge in [-0.3, -0.25) is 14.7 Å². The molecule has 2 fully saturated rings. The molecule has 0 aromatic carbocycles. The maximum atomic E-state index is 12.1. The Morgan fingerprint density at radius 1 is 1.10 bits per heavy atom. The molecule has 9 nitrogen and oxygen atoms in total. The van der Waals surface area contributed by atoms with E-state index in [2.05, 4.69) is 20.5 Å². The van der Waals surface area contributed by atoms with E-state index in [0.29, 0.717) is 19.5 Å². The molecule has 2 saturated heterocycles. The van der Waals surface area contributed by atoms with E-state index in [-0.39, 0.29) is 18.0 Å². The second kappa shape index (κ2) is 11.4. The Labute approximate surface area is 181 Å². The number of carbonyl (C=O) groups is 2. The van der Waals surface area contributed by atoms with Crippen LogP contribution in [0.1, 0.15) is 47.0 Å². The predicted octanol–water partition coefficient (Wildman–Crippen LogP) is 1.11. The van der Waals surface area contributed by atoms with Crippen molar-refractivity contribution in [3.63, 3.8) is 0 Å². The number of rotatable bonds is 6. The van der Waals surface area contributed by atoms with E-state index in [0.717, 1.165) is 58.1 Å². The summed E-state index contributed by atoms with van der Waals surface area (Å²) in [6, 6.07) is 0.257. The van der Waals surface area contributed by atoms with Crippen LogP contribution >= 0.6 is 0 Å². The van der Waals surface area contributed by atoms with Crippen molar-refractivity contribution in [2.45, 2.75) is 58.6 Å². The molecular weight excluding hydrogens is 384 g/mol. The zero-order chi connectivity index (χ0) is 22.1. The van der Waals surface area contributed by atoms with E-state index in [4.69, 9.17) is 4.74 Å². The number of hydrogen-bond donors (Lipinski definition) is 2. The Hall–Kier alpha value is -2.03. The first-order chi connectivity index (χ1) is 14.2. The van der Waals surface area contributed by atoms with Crippen LogP contribution in [-0.2, 0) is 9.53 Å². The molecule has 2 rings (SSSR count). The molecule has 0 aliphatic carbocycles. The van der Waals surface area contributed by atoms with Gasteiger partial charge in [0.25, 0.3) is 0 Å². The highest BCUT2D eigenvalue weighted by Crippen LogP contribution is 2.12. The molecular formula is C21H40N6O3. The highest BCUT2D eigenvalue weighted by atomic mass is 16.6. The van der Waals surface area contributed by atoms with Crippen LogP contribution < -0.4 is 10.6 Å². The highest BCUT2D eigenvalue weighted by molar-refractivity contribution is 5.80. The molecule has 2 aliphatic rings. The maximum absolute atomic E-state index is 12.1. The average Bonchev–Trinajstić information content (AvgIpc) is 3.17. The van der Waals surface area contributed by atoms with Gasteiger partial charge in [-0.2, -0.15) is 0 Å². The van der Waals surface area contributed by atoms with E-state index in [9.17, 15) is 9.59 Å². The first kappa shape index (κ1) is 24.2. The van der Waals surface area contributed by atoms with Crippen LogP contribution in [0.15, 0.2) is 4.99 Å². The minimum absolute atomic E-state index is 0.217. The maximum Gasteiger partial charge on any atom is 0.410 e. The van der Waals surface area contributed by atoms with Crippen LogP contribution in [-0.4, -0.2) is 104 Å². The van der Waals surface area contributed by atoms with Gasteiger partial charge in [0.15, 0.2) is 5.96 Å². The van der Waals surface area contributed by atoms with E-state index < -0.39 is 5.60 Å². The van der Waals surface area contributed by atoms with Crippen molar-refractivity contribution in [1.82, 2.24) is 25.3 Å². The Morgan fingerprint density at radius 3 is 2.40 bits per heavy atom. The third-order valence-electron chi connectivity index (χ3n) is 5.38. The van der Waals surface area contributed by atoms with E-state index in [1.807, 2.05) is 32.6 Å². The Balaban J connectivity index is 1.60. The normalized spacial score (nSPS) is 21.0. The van der Waals surface area contributed by atoms with Crippen LogP contribution in [0.25, 0.3) is 0 Å². The molecule has 172 valence electrons. The highest BCUT2D eigenvalue weighted by Gasteiger charge is 2.27. The number of piperazine rings is 1. The number of nitrogens with zero attached hydrogens (tertiary/aromatic N) is 4. The number of amides is 2. The Kier molecular flexibility index (Phi) is 9.20. The van der Waals surface area contributed by atoms with Gasteiger partial charge in [0.2, 0.25) is 5.91 Å². The summed E-state index contributed by atoms with van der Waals surface area (Å²) in [5, 5.41) is 6.79. The van der Waals surface area contributed by atoms with Crippen molar-refractivity contribution in [1.29, 1.82) is 0 Å². The summed E-state index contributed by atoms with van der Waals surface area (Å²) in [6.07, 6.45) is 2.29. The molecule has 30 heavy (non-hydrogen) atoms. The van der Waals surface area contributed by atoms with Gasteiger partial charge in [-0.15, -0.1) is 0 Å². The zero-order valence-corrected chi connectivity index (χ0v) is 19.4. The molecule has 1 atom stereocenters. The molecule has 2 amide bonds. The summed E-state index contributed by atoms with van der Waals surface area (Å²) in [5.41, 5.74) is -0.450. The quantitative estimate of drug-likeness (QED) is 0.377. The third kappa shape index (κ3) is 8.01. The van der Waals surface area contributed by atoms with Crippen LogP contribution in [0.5, 0.6) is 0 Å². The van der Waals surface area contributed by atoms with Crippen molar-refractivity contribution in [2.24, 2.45) is 4.99 Å². The number of likely N-dealkylation sites (tertiary alicyclic amines) is 1. The van der Waals surface area contributed by atoms with Gasteiger partial charge in [0, 0.05) is 65.3 Å². The molecule has 2 N–H and O–H groups in total. The Morgan fingerprint density at radius 2 is 1.80 bits per heavy atom. The van der Waals surface area contributed by atoms with Gasteiger partial charge < -0.3 is 25.2 Å². The number of hydrogen-bond acceptors (Lipinski definition) is 5. The van der Waals surface area contributed by atoms with E-state index in [1.165, 1.54) is 0 Å². The fourth-order valence-electron chi connectivity index (χ4n) is 3.71. The first-order valence-electron chi connectivity index (χ1n) is 11.2. The molecule has 0 aromatic rings. The van der Waals surface area contributed by atoms with Crippen LogP contribution in [0.3, 0.4) is 0 Å². The van der Waals surface area contributed by atoms with Gasteiger partial charge in [0.1, 0.15) is 5.60 Å². The first-order valence-corrected chi connectivity index (χ1v) is 11.2. The molecule has 0 saturated carbocycles. The summed E-state index contributed by atoms with van der Waals surface area (Å²) >= 11 is 0. The second-order valence-corrected chi connectivity index (χ2v) is 8.98. The zero-order valence-electron chi connectivity index (χ0n) is 19.4. The van der Waals surface area contributed by atoms with Crippen LogP contribution in [0.4, 0.5) is 4.79 Å². The summed E-state index contributed by atoms with van der Waals surface area (Å²) in [6.45, 7) is 14.1. The topological polar surface area (TPSA) is 89.5 Å². The monoisotopic (exact) mass is 424 g/mol. The van der Waals surface area contributed by atoms with Crippen molar-refractivity contribution < 1.29 is 14.3 Å². The fourth-order valence-corrected chi connectivity index (χ4v) is 3.71. The van der Waals surface area contributed by atoms with Crippen LogP contribution in [0.2, 0.25) is 0 Å². The average molecular weight is 425 g/mol. The summed E-state index contributed by atoms with van der Waals surface area (Å²) < 4.78 is 5.45. The van der Waals surface area contributed by atoms with Crippen molar-refractivity contribution >= 4 is 18.0 Å². The lowest BCUT2D eigenvalue weighted by molar-refractivity contribution is -0.129. The van der Waals surface area contributed by atoms with Crippen molar-refractivity contribution in [2.75, 3.05) is 59.4 Å². The molecule has 2 aliphatic heterocycles. The van der Waals surface area contributed by atoms with E-state index >= 15 is 0 Å². The van der Waals surface area contributed by atoms with Crippen molar-refractivity contribution in [3.05, 3.63) is 0 Å². The third-order valence-corrected chi connectivity index (χ3v) is 5.38. The molecule has 0 radical (unpaired) electrons. The second-order valence-electron chi connectivity index (χ2n) is 8.98. The minimum Gasteiger partial charge on any atom is -0.444 e. The fraction of sp³-hybridized carbons (Fsp3) is 0.857. The predicted molar refractivity (Wildman–Crippen MR) is 119 cm³/mol. The summed E-state index contributed by atoms with van der Waals surface area (Å²) in [5.74, 6) is 1.01. The van der Waals surface area contributed by atoms with Crippen LogP contribution in [0, 0.1) is 0 Å². The number of guanidine groups is 1. The number of aliphatic imine (C=N–C) groups is 1. The lowest BCUT2D eigenvalue weighted by Crippen LogP contribution is -2.50. The number of nitrogens with one attached hydrogen (secondary N) is 2. The molecule has 0 aromatic heterocycles. The van der Waals surface area contributed by atoms with Gasteiger partial charge in [0.05, 0.1) is 0 Å². The largest absolute Gasteiger partial charge is 0.444 e. The lowest BCUT2D eigenvalue weighted by Gasteiger charge is -2.35. The molecule has 0 spiro atoms. The number of carbonyl (C=O) groups excluding carboxylic acids is 2. The van der Waals surface area contributed by atoms with Gasteiger partial charge in [-0.05, 0) is 40.2 Å². The Bertz CT molecular complexity index is 596. The van der Waals surface area contributed by atoms with Gasteiger partial charge in [-0.1, -0.05) is 6.92 Å². The lowest BCUT2D eigenvalue weighted by atomic mass is 10.2. The molecule has 2 heterocycles. The van der Waals surface area contributed by atoms with Crippen molar-refractivity contribution in [3.8, 4) is 0 Å². The summed E-state index contributed by atoms with van der Waals surface area (Å²) in [7, 11) is 1.77. The molecule has 9 heteroatoms.